The fourth-order valence-corrected chi connectivity index (χ4v) is 2.25. The van der Waals surface area contributed by atoms with Gasteiger partial charge in [-0.2, -0.15) is 0 Å². The number of nitrogens with zero attached hydrogens (tertiary/aromatic N) is 1. The maximum atomic E-state index is 11.4. The first-order valence-corrected chi connectivity index (χ1v) is 7.08. The summed E-state index contributed by atoms with van der Waals surface area (Å²) >= 11 is 0. The standard InChI is InChI=1S/C16H21N3O3/c1-10-7-12(17)16-13(18-10)5-4-6-14(16)22-8-11(2)19-15(20)9-21-3/h4-7,11H,8-9H2,1-3H3,(H2,17,18)(H,19,20)/t11-/m0/s1. The lowest BCUT2D eigenvalue weighted by Crippen LogP contribution is -2.38. The number of anilines is 1. The molecule has 22 heavy (non-hydrogen) atoms. The number of ether oxygens (including phenoxy) is 2. The summed E-state index contributed by atoms with van der Waals surface area (Å²) in [5.74, 6) is 0.490. The van der Waals surface area contributed by atoms with Gasteiger partial charge in [-0.3, -0.25) is 9.78 Å². The fourth-order valence-electron chi connectivity index (χ4n) is 2.25. The lowest BCUT2D eigenvalue weighted by molar-refractivity contribution is -0.125. The molecular formula is C16H21N3O3. The molecule has 1 aromatic heterocycles. The summed E-state index contributed by atoms with van der Waals surface area (Å²) in [5.41, 5.74) is 8.37. The van der Waals surface area contributed by atoms with Crippen LogP contribution in [0.1, 0.15) is 12.6 Å². The number of hydrogen-bond donors (Lipinski definition) is 2. The van der Waals surface area contributed by atoms with E-state index in [-0.39, 0.29) is 18.6 Å². The van der Waals surface area contributed by atoms with Crippen molar-refractivity contribution in [2.75, 3.05) is 26.1 Å². The molecule has 1 atom stereocenters. The Morgan fingerprint density at radius 2 is 2.23 bits per heavy atom. The fraction of sp³-hybridized carbons (Fsp3) is 0.375. The number of benzene rings is 1. The maximum Gasteiger partial charge on any atom is 0.246 e. The van der Waals surface area contributed by atoms with Crippen LogP contribution in [-0.4, -0.2) is 37.3 Å². The van der Waals surface area contributed by atoms with E-state index in [0.29, 0.717) is 18.0 Å². The second-order valence-electron chi connectivity index (χ2n) is 5.22. The molecule has 0 aliphatic heterocycles. The summed E-state index contributed by atoms with van der Waals surface area (Å²) in [7, 11) is 1.48. The predicted molar refractivity (Wildman–Crippen MR) is 85.9 cm³/mol. The van der Waals surface area contributed by atoms with Gasteiger partial charge in [0, 0.05) is 18.5 Å². The second-order valence-corrected chi connectivity index (χ2v) is 5.22. The van der Waals surface area contributed by atoms with Crippen molar-refractivity contribution in [1.82, 2.24) is 10.3 Å². The van der Waals surface area contributed by atoms with Gasteiger partial charge >= 0.3 is 0 Å². The third-order valence-electron chi connectivity index (χ3n) is 3.13. The summed E-state index contributed by atoms with van der Waals surface area (Å²) < 4.78 is 10.6. The Kier molecular flexibility index (Phi) is 5.16. The minimum Gasteiger partial charge on any atom is -0.491 e. The van der Waals surface area contributed by atoms with Gasteiger partial charge in [-0.1, -0.05) is 6.07 Å². The van der Waals surface area contributed by atoms with Gasteiger partial charge in [-0.25, -0.2) is 0 Å². The van der Waals surface area contributed by atoms with Crippen LogP contribution in [0.5, 0.6) is 5.75 Å². The number of pyridine rings is 1. The van der Waals surface area contributed by atoms with Gasteiger partial charge in [0.1, 0.15) is 19.0 Å². The third kappa shape index (κ3) is 3.85. The molecular weight excluding hydrogens is 282 g/mol. The van der Waals surface area contributed by atoms with Crippen LogP contribution in [0.15, 0.2) is 24.3 Å². The molecule has 6 nitrogen and oxygen atoms in total. The molecule has 2 aromatic rings. The Morgan fingerprint density at radius 1 is 1.45 bits per heavy atom. The number of carbonyl (C=O) groups is 1. The molecule has 118 valence electrons. The van der Waals surface area contributed by atoms with E-state index in [0.717, 1.165) is 16.6 Å². The van der Waals surface area contributed by atoms with Gasteiger partial charge in [0.15, 0.2) is 0 Å². The molecule has 1 amide bonds. The highest BCUT2D eigenvalue weighted by atomic mass is 16.5. The smallest absolute Gasteiger partial charge is 0.246 e. The average Bonchev–Trinajstić information content (AvgIpc) is 2.44. The van der Waals surface area contributed by atoms with Crippen molar-refractivity contribution >= 4 is 22.5 Å². The van der Waals surface area contributed by atoms with E-state index < -0.39 is 0 Å². The zero-order valence-corrected chi connectivity index (χ0v) is 13.1. The molecule has 0 saturated heterocycles. The molecule has 3 N–H and O–H groups in total. The first-order valence-electron chi connectivity index (χ1n) is 7.08. The number of nitrogen functional groups attached to an aromatic ring is 1. The number of methoxy groups -OCH3 is 1. The van der Waals surface area contributed by atoms with Crippen molar-refractivity contribution < 1.29 is 14.3 Å². The minimum atomic E-state index is -0.173. The maximum absolute atomic E-state index is 11.4. The minimum absolute atomic E-state index is 0.0365. The monoisotopic (exact) mass is 303 g/mol. The van der Waals surface area contributed by atoms with Gasteiger partial charge in [-0.15, -0.1) is 0 Å². The lowest BCUT2D eigenvalue weighted by atomic mass is 10.1. The number of hydrogen-bond acceptors (Lipinski definition) is 5. The Bertz CT molecular complexity index is 673. The lowest BCUT2D eigenvalue weighted by Gasteiger charge is -2.16. The number of amides is 1. The van der Waals surface area contributed by atoms with Crippen LogP contribution < -0.4 is 15.8 Å². The topological polar surface area (TPSA) is 86.5 Å². The van der Waals surface area contributed by atoms with Crippen molar-refractivity contribution in [3.8, 4) is 5.75 Å². The molecule has 0 spiro atoms. The Hall–Kier alpha value is -2.34. The average molecular weight is 303 g/mol. The first-order chi connectivity index (χ1) is 10.5. The van der Waals surface area contributed by atoms with Crippen LogP contribution in [0.2, 0.25) is 0 Å². The highest BCUT2D eigenvalue weighted by Gasteiger charge is 2.11. The summed E-state index contributed by atoms with van der Waals surface area (Å²) in [6.45, 7) is 4.14. The number of aromatic nitrogens is 1. The van der Waals surface area contributed by atoms with Crippen molar-refractivity contribution in [2.45, 2.75) is 19.9 Å². The number of nitrogens with one attached hydrogen (secondary N) is 1. The first kappa shape index (κ1) is 16.0. The molecule has 0 saturated carbocycles. The summed E-state index contributed by atoms with van der Waals surface area (Å²) in [5, 5.41) is 3.58. The van der Waals surface area contributed by atoms with Crippen molar-refractivity contribution in [3.05, 3.63) is 30.0 Å². The predicted octanol–water partition coefficient (Wildman–Crippen LogP) is 1.66. The molecule has 1 aromatic carbocycles. The van der Waals surface area contributed by atoms with E-state index in [9.17, 15) is 4.79 Å². The number of nitrogens with two attached hydrogens (primary N) is 1. The highest BCUT2D eigenvalue weighted by molar-refractivity contribution is 5.95. The number of carbonyl (C=O) groups excluding carboxylic acids is 1. The number of rotatable bonds is 6. The molecule has 0 radical (unpaired) electrons. The molecule has 2 rings (SSSR count). The molecule has 0 aliphatic rings. The van der Waals surface area contributed by atoms with Crippen LogP contribution in [0.25, 0.3) is 10.9 Å². The van der Waals surface area contributed by atoms with Gasteiger partial charge in [0.2, 0.25) is 5.91 Å². The SMILES string of the molecule is COCC(=O)N[C@@H](C)COc1cccc2nc(C)cc(N)c12. The van der Waals surface area contributed by atoms with Crippen LogP contribution in [0.3, 0.4) is 0 Å². The van der Waals surface area contributed by atoms with E-state index in [1.165, 1.54) is 7.11 Å². The zero-order chi connectivity index (χ0) is 16.1. The van der Waals surface area contributed by atoms with Gasteiger partial charge in [-0.05, 0) is 32.0 Å². The number of fused-ring (bicyclic) bond motifs is 1. The van der Waals surface area contributed by atoms with E-state index in [1.807, 2.05) is 38.1 Å². The van der Waals surface area contributed by atoms with E-state index in [4.69, 9.17) is 15.2 Å². The van der Waals surface area contributed by atoms with Crippen molar-refractivity contribution in [3.63, 3.8) is 0 Å². The molecule has 6 heteroatoms. The van der Waals surface area contributed by atoms with Crippen LogP contribution in [-0.2, 0) is 9.53 Å². The molecule has 0 unspecified atom stereocenters. The normalized spacial score (nSPS) is 12.1. The summed E-state index contributed by atoms with van der Waals surface area (Å²) in [6.07, 6.45) is 0. The zero-order valence-electron chi connectivity index (χ0n) is 13.1. The quantitative estimate of drug-likeness (QED) is 0.847. The van der Waals surface area contributed by atoms with E-state index in [1.54, 1.807) is 0 Å². The van der Waals surface area contributed by atoms with Gasteiger partial charge in [0.25, 0.3) is 0 Å². The van der Waals surface area contributed by atoms with Crippen molar-refractivity contribution in [1.29, 1.82) is 0 Å². The molecule has 0 fully saturated rings. The Morgan fingerprint density at radius 3 is 2.95 bits per heavy atom. The van der Waals surface area contributed by atoms with Crippen LogP contribution in [0, 0.1) is 6.92 Å². The Labute approximate surface area is 129 Å². The summed E-state index contributed by atoms with van der Waals surface area (Å²) in [4.78, 5) is 15.9. The van der Waals surface area contributed by atoms with Crippen LogP contribution >= 0.6 is 0 Å². The molecule has 1 heterocycles. The third-order valence-corrected chi connectivity index (χ3v) is 3.13. The molecule has 0 bridgehead atoms. The highest BCUT2D eigenvalue weighted by Crippen LogP contribution is 2.30. The Balaban J connectivity index is 2.10. The van der Waals surface area contributed by atoms with E-state index >= 15 is 0 Å². The van der Waals surface area contributed by atoms with E-state index in [2.05, 4.69) is 10.3 Å². The largest absolute Gasteiger partial charge is 0.491 e. The molecule has 0 aliphatic carbocycles. The number of aryl methyl sites for hydroxylation is 1. The van der Waals surface area contributed by atoms with Crippen LogP contribution in [0.4, 0.5) is 5.69 Å². The summed E-state index contributed by atoms with van der Waals surface area (Å²) in [6, 6.07) is 7.29. The van der Waals surface area contributed by atoms with Crippen molar-refractivity contribution in [2.24, 2.45) is 0 Å². The van der Waals surface area contributed by atoms with Gasteiger partial charge in [0.05, 0.1) is 16.9 Å². The second kappa shape index (κ2) is 7.09. The van der Waals surface area contributed by atoms with Gasteiger partial charge < -0.3 is 20.5 Å².